The average Bonchev–Trinajstić information content (AvgIpc) is 2.83. The fraction of sp³-hybridized carbons (Fsp3) is 0.200. The summed E-state index contributed by atoms with van der Waals surface area (Å²) in [5.74, 6) is -3.60. The molecule has 2 atom stereocenters. The van der Waals surface area contributed by atoms with Crippen molar-refractivity contribution in [2.45, 2.75) is 31.9 Å². The Kier molecular flexibility index (Phi) is 8.08. The standard InChI is InChI=1S/C25H23F2N3O5/c1-14(30-24(33)22-23(32)20(29-13-31)11-12-28-22)25(34)35-15(2)21(16-3-7-18(26)8-4-16)17-5-9-19(27)10-6-17/h3-15,21,32H,1-2H3,(H,30,33)(H,28,29,31). The van der Waals surface area contributed by atoms with Crippen LogP contribution >= 0.6 is 0 Å². The van der Waals surface area contributed by atoms with Gasteiger partial charge in [-0.05, 0) is 55.3 Å². The molecule has 1 aromatic heterocycles. The Morgan fingerprint density at radius 2 is 1.51 bits per heavy atom. The zero-order valence-electron chi connectivity index (χ0n) is 18.9. The summed E-state index contributed by atoms with van der Waals surface area (Å²) in [5, 5.41) is 14.8. The molecule has 0 aliphatic rings. The van der Waals surface area contributed by atoms with Crippen LogP contribution in [-0.2, 0) is 14.3 Å². The van der Waals surface area contributed by atoms with Crippen LogP contribution in [0, 0.1) is 11.6 Å². The highest BCUT2D eigenvalue weighted by Gasteiger charge is 2.28. The van der Waals surface area contributed by atoms with Crippen molar-refractivity contribution in [1.82, 2.24) is 10.3 Å². The van der Waals surface area contributed by atoms with E-state index in [-0.39, 0.29) is 11.4 Å². The first-order chi connectivity index (χ1) is 16.7. The van der Waals surface area contributed by atoms with Crippen molar-refractivity contribution >= 4 is 24.0 Å². The van der Waals surface area contributed by atoms with Crippen LogP contribution in [0.15, 0.2) is 60.8 Å². The van der Waals surface area contributed by atoms with Gasteiger partial charge in [-0.3, -0.25) is 9.59 Å². The number of rotatable bonds is 9. The van der Waals surface area contributed by atoms with Crippen LogP contribution < -0.4 is 10.6 Å². The van der Waals surface area contributed by atoms with E-state index in [1.54, 1.807) is 31.2 Å². The van der Waals surface area contributed by atoms with Crippen LogP contribution in [0.4, 0.5) is 14.5 Å². The van der Waals surface area contributed by atoms with Gasteiger partial charge in [-0.1, -0.05) is 24.3 Å². The number of halogens is 2. The Hall–Kier alpha value is -4.34. The van der Waals surface area contributed by atoms with Gasteiger partial charge < -0.3 is 20.5 Å². The second kappa shape index (κ2) is 11.2. The van der Waals surface area contributed by atoms with E-state index in [2.05, 4.69) is 15.6 Å². The first kappa shape index (κ1) is 25.3. The number of ether oxygens (including phenoxy) is 1. The van der Waals surface area contributed by atoms with E-state index in [1.807, 2.05) is 0 Å². The number of aromatic hydroxyl groups is 1. The summed E-state index contributed by atoms with van der Waals surface area (Å²) in [6.45, 7) is 3.02. The van der Waals surface area contributed by atoms with Gasteiger partial charge in [-0.2, -0.15) is 0 Å². The number of pyridine rings is 1. The lowest BCUT2D eigenvalue weighted by molar-refractivity contribution is -0.150. The molecule has 0 aliphatic carbocycles. The Morgan fingerprint density at radius 1 is 0.971 bits per heavy atom. The normalized spacial score (nSPS) is 12.5. The molecule has 35 heavy (non-hydrogen) atoms. The maximum atomic E-state index is 13.5. The molecular weight excluding hydrogens is 460 g/mol. The number of esters is 1. The number of amides is 2. The van der Waals surface area contributed by atoms with Gasteiger partial charge in [0.1, 0.15) is 23.8 Å². The highest BCUT2D eigenvalue weighted by Crippen LogP contribution is 2.31. The lowest BCUT2D eigenvalue weighted by atomic mass is 9.87. The molecule has 182 valence electrons. The fourth-order valence-corrected chi connectivity index (χ4v) is 3.55. The summed E-state index contributed by atoms with van der Waals surface area (Å²) in [5.41, 5.74) is 0.873. The number of nitrogens with zero attached hydrogens (tertiary/aromatic N) is 1. The fourth-order valence-electron chi connectivity index (χ4n) is 3.55. The Bertz CT molecular complexity index is 1160. The molecule has 0 saturated heterocycles. The van der Waals surface area contributed by atoms with Crippen molar-refractivity contribution in [3.8, 4) is 5.75 Å². The van der Waals surface area contributed by atoms with Gasteiger partial charge in [-0.25, -0.2) is 18.6 Å². The Labute approximate surface area is 200 Å². The minimum absolute atomic E-state index is 0.0227. The third kappa shape index (κ3) is 6.17. The minimum Gasteiger partial charge on any atom is -0.504 e. The largest absolute Gasteiger partial charge is 0.504 e. The highest BCUT2D eigenvalue weighted by atomic mass is 19.1. The van der Waals surface area contributed by atoms with E-state index < -0.39 is 47.3 Å². The zero-order valence-corrected chi connectivity index (χ0v) is 18.9. The quantitative estimate of drug-likeness (QED) is 0.317. The molecule has 2 unspecified atom stereocenters. The maximum Gasteiger partial charge on any atom is 0.328 e. The number of carbonyl (C=O) groups excluding carboxylic acids is 3. The number of carbonyl (C=O) groups is 3. The third-order valence-electron chi connectivity index (χ3n) is 5.28. The first-order valence-corrected chi connectivity index (χ1v) is 10.6. The zero-order chi connectivity index (χ0) is 25.5. The van der Waals surface area contributed by atoms with Gasteiger partial charge >= 0.3 is 5.97 Å². The Balaban J connectivity index is 1.75. The molecule has 0 fully saturated rings. The first-order valence-electron chi connectivity index (χ1n) is 10.6. The molecule has 10 heteroatoms. The second-order valence-corrected chi connectivity index (χ2v) is 7.74. The molecule has 3 N–H and O–H groups in total. The van der Waals surface area contributed by atoms with Gasteiger partial charge in [-0.15, -0.1) is 0 Å². The number of hydrogen-bond acceptors (Lipinski definition) is 6. The van der Waals surface area contributed by atoms with Crippen molar-refractivity contribution in [3.63, 3.8) is 0 Å². The van der Waals surface area contributed by atoms with E-state index in [0.29, 0.717) is 17.5 Å². The predicted octanol–water partition coefficient (Wildman–Crippen LogP) is 3.52. The average molecular weight is 483 g/mol. The van der Waals surface area contributed by atoms with Gasteiger partial charge in [0.2, 0.25) is 6.41 Å². The number of aromatic nitrogens is 1. The summed E-state index contributed by atoms with van der Waals surface area (Å²) < 4.78 is 32.5. The number of benzene rings is 2. The van der Waals surface area contributed by atoms with Crippen molar-refractivity contribution in [3.05, 3.63) is 89.2 Å². The smallest absolute Gasteiger partial charge is 0.328 e. The minimum atomic E-state index is -1.13. The van der Waals surface area contributed by atoms with E-state index in [9.17, 15) is 28.3 Å². The van der Waals surface area contributed by atoms with Crippen LogP contribution in [0.25, 0.3) is 0 Å². The molecular formula is C25H23F2N3O5. The maximum absolute atomic E-state index is 13.5. The van der Waals surface area contributed by atoms with Crippen LogP contribution in [0.5, 0.6) is 5.75 Å². The molecule has 2 aromatic carbocycles. The molecule has 1 heterocycles. The SMILES string of the molecule is CC(NC(=O)c1nccc(NC=O)c1O)C(=O)OC(C)C(c1ccc(F)cc1)c1ccc(F)cc1. The van der Waals surface area contributed by atoms with Crippen LogP contribution in [0.3, 0.4) is 0 Å². The van der Waals surface area contributed by atoms with Crippen molar-refractivity contribution in [1.29, 1.82) is 0 Å². The second-order valence-electron chi connectivity index (χ2n) is 7.74. The monoisotopic (exact) mass is 483 g/mol. The van der Waals surface area contributed by atoms with E-state index in [1.165, 1.54) is 43.5 Å². The van der Waals surface area contributed by atoms with Gasteiger partial charge in [0.15, 0.2) is 11.4 Å². The number of anilines is 1. The molecule has 2 amide bonds. The summed E-state index contributed by atoms with van der Waals surface area (Å²) in [6.07, 6.45) is 0.766. The van der Waals surface area contributed by atoms with E-state index in [0.717, 1.165) is 0 Å². The summed E-state index contributed by atoms with van der Waals surface area (Å²) in [6, 6.07) is 11.5. The van der Waals surface area contributed by atoms with E-state index in [4.69, 9.17) is 4.74 Å². The number of hydrogen-bond donors (Lipinski definition) is 3. The van der Waals surface area contributed by atoms with Crippen molar-refractivity contribution in [2.24, 2.45) is 0 Å². The number of nitrogens with one attached hydrogen (secondary N) is 2. The van der Waals surface area contributed by atoms with Gasteiger partial charge in [0.25, 0.3) is 5.91 Å². The molecule has 0 aliphatic heterocycles. The molecule has 3 aromatic rings. The molecule has 8 nitrogen and oxygen atoms in total. The lowest BCUT2D eigenvalue weighted by Crippen LogP contribution is -2.41. The van der Waals surface area contributed by atoms with Crippen LogP contribution in [0.1, 0.15) is 41.4 Å². The molecule has 0 saturated carbocycles. The molecule has 0 spiro atoms. The Morgan fingerprint density at radius 3 is 2.03 bits per heavy atom. The lowest BCUT2D eigenvalue weighted by Gasteiger charge is -2.26. The summed E-state index contributed by atoms with van der Waals surface area (Å²) >= 11 is 0. The molecule has 0 radical (unpaired) electrons. The van der Waals surface area contributed by atoms with Crippen LogP contribution in [-0.4, -0.2) is 40.5 Å². The summed E-state index contributed by atoms with van der Waals surface area (Å²) in [7, 11) is 0. The van der Waals surface area contributed by atoms with Crippen molar-refractivity contribution in [2.75, 3.05) is 5.32 Å². The van der Waals surface area contributed by atoms with Gasteiger partial charge in [0, 0.05) is 12.1 Å². The molecule has 3 rings (SSSR count). The molecule has 0 bridgehead atoms. The third-order valence-corrected chi connectivity index (χ3v) is 5.28. The van der Waals surface area contributed by atoms with Crippen molar-refractivity contribution < 1.29 is 33.0 Å². The summed E-state index contributed by atoms with van der Waals surface area (Å²) in [4.78, 5) is 39.7. The van der Waals surface area contributed by atoms with Crippen LogP contribution in [0.2, 0.25) is 0 Å². The predicted molar refractivity (Wildman–Crippen MR) is 123 cm³/mol. The highest BCUT2D eigenvalue weighted by molar-refractivity contribution is 5.99. The van der Waals surface area contributed by atoms with Gasteiger partial charge in [0.05, 0.1) is 5.69 Å². The van der Waals surface area contributed by atoms with E-state index >= 15 is 0 Å². The topological polar surface area (TPSA) is 118 Å².